The largest absolute Gasteiger partial charge is 0.0786 e. The van der Waals surface area contributed by atoms with Gasteiger partial charge in [0.15, 0.2) is 0 Å². The highest BCUT2D eigenvalue weighted by Gasteiger charge is 2.17. The smallest absolute Gasteiger partial charge is 0.0655 e. The first-order valence-corrected chi connectivity index (χ1v) is 8.19. The van der Waals surface area contributed by atoms with E-state index >= 15 is 0 Å². The summed E-state index contributed by atoms with van der Waals surface area (Å²) in [6, 6.07) is 19.7. The molecule has 0 fully saturated rings. The maximum atomic E-state index is 3.94. The van der Waals surface area contributed by atoms with Crippen LogP contribution in [0.4, 0.5) is 0 Å². The second-order valence-corrected chi connectivity index (χ2v) is 6.66. The van der Waals surface area contributed by atoms with Crippen molar-refractivity contribution < 1.29 is 0 Å². The second-order valence-electron chi connectivity index (χ2n) is 5.74. The first-order valence-electron chi connectivity index (χ1n) is 7.27. The summed E-state index contributed by atoms with van der Waals surface area (Å²) in [6.07, 6.45) is 0. The van der Waals surface area contributed by atoms with Gasteiger partial charge in [-0.05, 0) is 53.8 Å². The first kappa shape index (κ1) is 14.3. The van der Waals surface area contributed by atoms with Crippen LogP contribution in [0.25, 0.3) is 10.8 Å². The van der Waals surface area contributed by atoms with Gasteiger partial charge in [0, 0.05) is 0 Å². The summed E-state index contributed by atoms with van der Waals surface area (Å²) in [5.74, 6) is 0. The fraction of sp³-hybridized carbons (Fsp3) is 0.200. The SMILES string of the molecule is Cc1ccc(C(Br)c2c(C)ccc3ccccc23)c(C)c1. The molecule has 3 aromatic carbocycles. The molecule has 0 radical (unpaired) electrons. The van der Waals surface area contributed by atoms with Crippen LogP contribution in [0.15, 0.2) is 54.6 Å². The summed E-state index contributed by atoms with van der Waals surface area (Å²) in [7, 11) is 0. The molecule has 1 heteroatoms. The van der Waals surface area contributed by atoms with Crippen molar-refractivity contribution in [2.75, 3.05) is 0 Å². The number of hydrogen-bond acceptors (Lipinski definition) is 0. The number of halogens is 1. The lowest BCUT2D eigenvalue weighted by Gasteiger charge is -2.19. The van der Waals surface area contributed by atoms with E-state index in [0.29, 0.717) is 0 Å². The number of alkyl halides is 1. The Morgan fingerprint density at radius 1 is 0.810 bits per heavy atom. The Morgan fingerprint density at radius 3 is 2.33 bits per heavy atom. The van der Waals surface area contributed by atoms with Crippen LogP contribution in [0.2, 0.25) is 0 Å². The molecule has 0 bridgehead atoms. The van der Waals surface area contributed by atoms with E-state index in [4.69, 9.17) is 0 Å². The summed E-state index contributed by atoms with van der Waals surface area (Å²) >= 11 is 3.94. The Labute approximate surface area is 134 Å². The van der Waals surface area contributed by atoms with Crippen LogP contribution in [-0.2, 0) is 0 Å². The van der Waals surface area contributed by atoms with E-state index in [9.17, 15) is 0 Å². The van der Waals surface area contributed by atoms with E-state index in [0.717, 1.165) is 0 Å². The number of rotatable bonds is 2. The molecular formula is C20H19Br. The van der Waals surface area contributed by atoms with Gasteiger partial charge in [-0.25, -0.2) is 0 Å². The van der Waals surface area contributed by atoms with E-state index in [2.05, 4.69) is 91.3 Å². The zero-order chi connectivity index (χ0) is 15.0. The standard InChI is InChI=1S/C20H19Br/c1-13-8-11-17(15(3)12-13)20(21)19-14(2)9-10-16-6-4-5-7-18(16)19/h4-12,20H,1-3H3. The molecule has 3 aromatic rings. The number of benzene rings is 3. The number of hydrogen-bond donors (Lipinski definition) is 0. The lowest BCUT2D eigenvalue weighted by molar-refractivity contribution is 1.13. The van der Waals surface area contributed by atoms with Gasteiger partial charge < -0.3 is 0 Å². The third-order valence-corrected chi connectivity index (χ3v) is 5.09. The van der Waals surface area contributed by atoms with E-state index < -0.39 is 0 Å². The molecule has 0 spiro atoms. The first-order chi connectivity index (χ1) is 10.1. The zero-order valence-corrected chi connectivity index (χ0v) is 14.2. The normalized spacial score (nSPS) is 12.6. The van der Waals surface area contributed by atoms with E-state index in [1.807, 2.05) is 0 Å². The summed E-state index contributed by atoms with van der Waals surface area (Å²) in [5, 5.41) is 2.63. The maximum absolute atomic E-state index is 3.94. The van der Waals surface area contributed by atoms with Crippen molar-refractivity contribution in [1.29, 1.82) is 0 Å². The molecule has 0 saturated carbocycles. The van der Waals surface area contributed by atoms with Crippen LogP contribution in [0.3, 0.4) is 0 Å². The van der Waals surface area contributed by atoms with Crippen molar-refractivity contribution in [3.63, 3.8) is 0 Å². The quantitative estimate of drug-likeness (QED) is 0.484. The molecule has 0 N–H and O–H groups in total. The molecule has 0 aliphatic rings. The van der Waals surface area contributed by atoms with Gasteiger partial charge in [-0.2, -0.15) is 0 Å². The van der Waals surface area contributed by atoms with Crippen molar-refractivity contribution in [3.8, 4) is 0 Å². The fourth-order valence-electron chi connectivity index (χ4n) is 3.01. The molecule has 0 aliphatic carbocycles. The monoisotopic (exact) mass is 338 g/mol. The van der Waals surface area contributed by atoms with Crippen molar-refractivity contribution in [3.05, 3.63) is 82.4 Å². The molecule has 21 heavy (non-hydrogen) atoms. The zero-order valence-electron chi connectivity index (χ0n) is 12.7. The number of aryl methyl sites for hydroxylation is 3. The van der Waals surface area contributed by atoms with Crippen LogP contribution in [-0.4, -0.2) is 0 Å². The van der Waals surface area contributed by atoms with Crippen LogP contribution in [0.5, 0.6) is 0 Å². The molecule has 3 rings (SSSR count). The summed E-state index contributed by atoms with van der Waals surface area (Å²) in [4.78, 5) is 0.226. The van der Waals surface area contributed by atoms with E-state index in [1.165, 1.54) is 38.6 Å². The predicted molar refractivity (Wildman–Crippen MR) is 95.4 cm³/mol. The maximum Gasteiger partial charge on any atom is 0.0655 e. The Balaban J connectivity index is 2.21. The van der Waals surface area contributed by atoms with Crippen LogP contribution < -0.4 is 0 Å². The van der Waals surface area contributed by atoms with Gasteiger partial charge in [0.1, 0.15) is 0 Å². The van der Waals surface area contributed by atoms with Crippen molar-refractivity contribution in [2.24, 2.45) is 0 Å². The van der Waals surface area contributed by atoms with E-state index in [-0.39, 0.29) is 4.83 Å². The molecule has 0 saturated heterocycles. The van der Waals surface area contributed by atoms with Gasteiger partial charge in [-0.3, -0.25) is 0 Å². The van der Waals surface area contributed by atoms with Gasteiger partial charge >= 0.3 is 0 Å². The molecule has 106 valence electrons. The van der Waals surface area contributed by atoms with Gasteiger partial charge in [-0.1, -0.05) is 76.1 Å². The van der Waals surface area contributed by atoms with Crippen LogP contribution in [0, 0.1) is 20.8 Å². The summed E-state index contributed by atoms with van der Waals surface area (Å²) in [6.45, 7) is 6.53. The Morgan fingerprint density at radius 2 is 1.57 bits per heavy atom. The van der Waals surface area contributed by atoms with Gasteiger partial charge in [0.25, 0.3) is 0 Å². The van der Waals surface area contributed by atoms with Gasteiger partial charge in [-0.15, -0.1) is 0 Å². The summed E-state index contributed by atoms with van der Waals surface area (Å²) in [5.41, 5.74) is 6.70. The van der Waals surface area contributed by atoms with Gasteiger partial charge in [0.05, 0.1) is 4.83 Å². The molecular weight excluding hydrogens is 320 g/mol. The molecule has 1 atom stereocenters. The third-order valence-electron chi connectivity index (χ3n) is 4.14. The molecule has 0 amide bonds. The molecule has 0 aliphatic heterocycles. The highest BCUT2D eigenvalue weighted by Crippen LogP contribution is 2.38. The van der Waals surface area contributed by atoms with Crippen molar-refractivity contribution >= 4 is 26.7 Å². The Kier molecular flexibility index (Phi) is 3.86. The Bertz CT molecular complexity index is 802. The molecule has 0 nitrogen and oxygen atoms in total. The van der Waals surface area contributed by atoms with Crippen LogP contribution in [0.1, 0.15) is 32.6 Å². The van der Waals surface area contributed by atoms with Crippen molar-refractivity contribution in [2.45, 2.75) is 25.6 Å². The average molecular weight is 339 g/mol. The summed E-state index contributed by atoms with van der Waals surface area (Å²) < 4.78 is 0. The topological polar surface area (TPSA) is 0 Å². The predicted octanol–water partition coefficient (Wildman–Crippen LogP) is 6.25. The number of fused-ring (bicyclic) bond motifs is 1. The van der Waals surface area contributed by atoms with Gasteiger partial charge in [0.2, 0.25) is 0 Å². The third kappa shape index (κ3) is 2.63. The second kappa shape index (κ2) is 5.65. The van der Waals surface area contributed by atoms with Crippen LogP contribution >= 0.6 is 15.9 Å². The lowest BCUT2D eigenvalue weighted by Crippen LogP contribution is -2.00. The highest BCUT2D eigenvalue weighted by atomic mass is 79.9. The minimum atomic E-state index is 0.226. The molecule has 0 heterocycles. The average Bonchev–Trinajstić information content (AvgIpc) is 2.46. The fourth-order valence-corrected chi connectivity index (χ4v) is 4.13. The Hall–Kier alpha value is -1.60. The molecule has 0 aromatic heterocycles. The lowest BCUT2D eigenvalue weighted by atomic mass is 9.92. The minimum Gasteiger partial charge on any atom is -0.0786 e. The molecule has 1 unspecified atom stereocenters. The van der Waals surface area contributed by atoms with E-state index in [1.54, 1.807) is 0 Å². The van der Waals surface area contributed by atoms with Crippen molar-refractivity contribution in [1.82, 2.24) is 0 Å². The highest BCUT2D eigenvalue weighted by molar-refractivity contribution is 9.09. The minimum absolute atomic E-state index is 0.226.